The van der Waals surface area contributed by atoms with E-state index in [2.05, 4.69) is 6.07 Å². The van der Waals surface area contributed by atoms with Crippen molar-refractivity contribution in [1.29, 1.82) is 0 Å². The first-order valence-corrected chi connectivity index (χ1v) is 5.48. The maximum absolute atomic E-state index is 6.13. The SMILES string of the molecule is COc1ccccc1-c1c(Cl)[c]ccc1Cl. The van der Waals surface area contributed by atoms with E-state index < -0.39 is 0 Å². The average molecular weight is 252 g/mol. The molecule has 0 N–H and O–H groups in total. The smallest absolute Gasteiger partial charge is 0.126 e. The molecule has 0 bridgehead atoms. The number of hydrogen-bond donors (Lipinski definition) is 0. The molecule has 0 spiro atoms. The molecule has 0 atom stereocenters. The summed E-state index contributed by atoms with van der Waals surface area (Å²) in [6.07, 6.45) is 0. The number of methoxy groups -OCH3 is 1. The molecule has 0 aliphatic heterocycles. The quantitative estimate of drug-likeness (QED) is 0.766. The fraction of sp³-hybridized carbons (Fsp3) is 0.0769. The van der Waals surface area contributed by atoms with Gasteiger partial charge >= 0.3 is 0 Å². The highest BCUT2D eigenvalue weighted by Crippen LogP contribution is 2.38. The van der Waals surface area contributed by atoms with E-state index in [1.54, 1.807) is 19.2 Å². The minimum atomic E-state index is 0.497. The Balaban J connectivity index is 2.67. The minimum absolute atomic E-state index is 0.497. The molecule has 0 aromatic heterocycles. The van der Waals surface area contributed by atoms with E-state index in [9.17, 15) is 0 Å². The second-order valence-electron chi connectivity index (χ2n) is 3.21. The second kappa shape index (κ2) is 4.77. The largest absolute Gasteiger partial charge is 0.496 e. The van der Waals surface area contributed by atoms with Gasteiger partial charge in [0.1, 0.15) is 5.75 Å². The summed E-state index contributed by atoms with van der Waals surface area (Å²) in [5.74, 6) is 0.742. The molecular weight excluding hydrogens is 243 g/mol. The van der Waals surface area contributed by atoms with Gasteiger partial charge in [-0.2, -0.15) is 0 Å². The summed E-state index contributed by atoms with van der Waals surface area (Å²) in [5, 5.41) is 1.09. The number of halogens is 2. The maximum atomic E-state index is 6.13. The molecule has 0 amide bonds. The molecule has 2 rings (SSSR count). The topological polar surface area (TPSA) is 9.23 Å². The molecule has 81 valence electrons. The average Bonchev–Trinajstić information content (AvgIpc) is 2.29. The Morgan fingerprint density at radius 3 is 2.56 bits per heavy atom. The van der Waals surface area contributed by atoms with Crippen LogP contribution in [0.4, 0.5) is 0 Å². The Kier molecular flexibility index (Phi) is 3.37. The van der Waals surface area contributed by atoms with Crippen LogP contribution < -0.4 is 4.74 Å². The van der Waals surface area contributed by atoms with Crippen LogP contribution in [-0.2, 0) is 0 Å². The lowest BCUT2D eigenvalue weighted by atomic mass is 10.0. The van der Waals surface area contributed by atoms with E-state index in [4.69, 9.17) is 27.9 Å². The van der Waals surface area contributed by atoms with Crippen molar-refractivity contribution in [1.82, 2.24) is 0 Å². The van der Waals surface area contributed by atoms with Gasteiger partial charge in [-0.15, -0.1) is 0 Å². The van der Waals surface area contributed by atoms with Crippen molar-refractivity contribution >= 4 is 23.2 Å². The molecule has 0 saturated carbocycles. The highest BCUT2D eigenvalue weighted by molar-refractivity contribution is 6.39. The fourth-order valence-electron chi connectivity index (χ4n) is 1.55. The number of para-hydroxylation sites is 1. The van der Waals surface area contributed by atoms with Crippen LogP contribution in [-0.4, -0.2) is 7.11 Å². The van der Waals surface area contributed by atoms with E-state index in [1.165, 1.54) is 0 Å². The number of hydrogen-bond acceptors (Lipinski definition) is 1. The van der Waals surface area contributed by atoms with E-state index in [1.807, 2.05) is 24.3 Å². The van der Waals surface area contributed by atoms with Gasteiger partial charge in [0, 0.05) is 17.2 Å². The molecule has 0 saturated heterocycles. The Morgan fingerprint density at radius 1 is 1.12 bits per heavy atom. The Morgan fingerprint density at radius 2 is 1.88 bits per heavy atom. The van der Waals surface area contributed by atoms with Gasteiger partial charge in [0.05, 0.1) is 17.2 Å². The lowest BCUT2D eigenvalue weighted by Crippen LogP contribution is -1.88. The molecule has 0 unspecified atom stereocenters. The monoisotopic (exact) mass is 251 g/mol. The molecule has 1 nitrogen and oxygen atoms in total. The third-order valence-electron chi connectivity index (χ3n) is 2.27. The van der Waals surface area contributed by atoms with Crippen LogP contribution in [0.3, 0.4) is 0 Å². The Bertz CT molecular complexity index is 489. The van der Waals surface area contributed by atoms with E-state index in [-0.39, 0.29) is 0 Å². The summed E-state index contributed by atoms with van der Waals surface area (Å²) < 4.78 is 5.28. The number of rotatable bonds is 2. The van der Waals surface area contributed by atoms with E-state index in [0.717, 1.165) is 16.9 Å². The summed E-state index contributed by atoms with van der Waals surface area (Å²) >= 11 is 12.2. The lowest BCUT2D eigenvalue weighted by Gasteiger charge is -2.11. The molecule has 0 aliphatic rings. The molecule has 2 aromatic carbocycles. The van der Waals surface area contributed by atoms with Crippen molar-refractivity contribution in [3.8, 4) is 16.9 Å². The predicted molar refractivity (Wildman–Crippen MR) is 67.3 cm³/mol. The Labute approximate surface area is 105 Å². The predicted octanol–water partition coefficient (Wildman–Crippen LogP) is 4.47. The molecular formula is C13H9Cl2O. The highest BCUT2D eigenvalue weighted by atomic mass is 35.5. The summed E-state index contributed by atoms with van der Waals surface area (Å²) in [4.78, 5) is 0. The van der Waals surface area contributed by atoms with Crippen LogP contribution in [0.2, 0.25) is 10.0 Å². The second-order valence-corrected chi connectivity index (χ2v) is 4.00. The normalized spacial score (nSPS) is 10.2. The molecule has 16 heavy (non-hydrogen) atoms. The van der Waals surface area contributed by atoms with Crippen LogP contribution >= 0.6 is 23.2 Å². The van der Waals surface area contributed by atoms with Crippen molar-refractivity contribution in [2.45, 2.75) is 0 Å². The van der Waals surface area contributed by atoms with Crippen molar-refractivity contribution in [2.24, 2.45) is 0 Å². The third kappa shape index (κ3) is 2.01. The van der Waals surface area contributed by atoms with E-state index >= 15 is 0 Å². The summed E-state index contributed by atoms with van der Waals surface area (Å²) in [6, 6.07) is 14.0. The maximum Gasteiger partial charge on any atom is 0.126 e. The first-order valence-electron chi connectivity index (χ1n) is 4.73. The van der Waals surface area contributed by atoms with Crippen molar-refractivity contribution in [3.05, 3.63) is 52.5 Å². The first-order chi connectivity index (χ1) is 7.74. The van der Waals surface area contributed by atoms with Gasteiger partial charge in [-0.25, -0.2) is 0 Å². The molecule has 2 aromatic rings. The van der Waals surface area contributed by atoms with Gasteiger partial charge in [-0.05, 0) is 12.1 Å². The molecule has 1 radical (unpaired) electrons. The van der Waals surface area contributed by atoms with E-state index in [0.29, 0.717) is 10.0 Å². The van der Waals surface area contributed by atoms with Crippen molar-refractivity contribution in [3.63, 3.8) is 0 Å². The molecule has 0 heterocycles. The van der Waals surface area contributed by atoms with Gasteiger partial charge in [-0.1, -0.05) is 47.5 Å². The molecule has 0 aliphatic carbocycles. The zero-order valence-corrected chi connectivity index (χ0v) is 10.1. The molecule has 0 fully saturated rings. The van der Waals surface area contributed by atoms with Gasteiger partial charge in [0.2, 0.25) is 0 Å². The van der Waals surface area contributed by atoms with Gasteiger partial charge < -0.3 is 4.74 Å². The lowest BCUT2D eigenvalue weighted by molar-refractivity contribution is 0.416. The van der Waals surface area contributed by atoms with Crippen LogP contribution in [0.15, 0.2) is 36.4 Å². The standard InChI is InChI=1S/C13H9Cl2O/c1-16-12-8-3-2-5-9(12)13-10(14)6-4-7-11(13)15/h2-6,8H,1H3. The van der Waals surface area contributed by atoms with Gasteiger partial charge in [0.15, 0.2) is 0 Å². The zero-order valence-electron chi connectivity index (χ0n) is 8.63. The zero-order chi connectivity index (χ0) is 11.5. The molecule has 3 heteroatoms. The van der Waals surface area contributed by atoms with Crippen LogP contribution in [0.5, 0.6) is 5.75 Å². The summed E-state index contributed by atoms with van der Waals surface area (Å²) in [6.45, 7) is 0. The number of ether oxygens (including phenoxy) is 1. The van der Waals surface area contributed by atoms with Gasteiger partial charge in [0.25, 0.3) is 0 Å². The Hall–Kier alpha value is -1.18. The van der Waals surface area contributed by atoms with Crippen LogP contribution in [0.25, 0.3) is 11.1 Å². The van der Waals surface area contributed by atoms with Crippen LogP contribution in [0.1, 0.15) is 0 Å². The first kappa shape index (κ1) is 11.3. The van der Waals surface area contributed by atoms with Crippen molar-refractivity contribution in [2.75, 3.05) is 7.11 Å². The van der Waals surface area contributed by atoms with Gasteiger partial charge in [-0.3, -0.25) is 0 Å². The fourth-order valence-corrected chi connectivity index (χ4v) is 2.12. The third-order valence-corrected chi connectivity index (χ3v) is 2.89. The minimum Gasteiger partial charge on any atom is -0.496 e. The van der Waals surface area contributed by atoms with Crippen LogP contribution in [0, 0.1) is 6.07 Å². The van der Waals surface area contributed by atoms with Crippen molar-refractivity contribution < 1.29 is 4.74 Å². The summed E-state index contributed by atoms with van der Waals surface area (Å²) in [7, 11) is 1.62. The summed E-state index contributed by atoms with van der Waals surface area (Å²) in [5.41, 5.74) is 1.63. The highest BCUT2D eigenvalue weighted by Gasteiger charge is 2.12. The number of benzene rings is 2.